The number of fused-ring (bicyclic) bond motifs is 5. The highest BCUT2D eigenvalue weighted by molar-refractivity contribution is 5.87. The topological polar surface area (TPSA) is 37.3 Å². The van der Waals surface area contributed by atoms with Crippen molar-refractivity contribution in [2.45, 2.75) is 78.7 Å². The lowest BCUT2D eigenvalue weighted by molar-refractivity contribution is -0.132. The van der Waals surface area contributed by atoms with Gasteiger partial charge in [-0.25, -0.2) is 0 Å². The third-order valence-corrected chi connectivity index (χ3v) is 8.53. The molecule has 0 saturated heterocycles. The Bertz CT molecular complexity index is 576. The fourth-order valence-electron chi connectivity index (χ4n) is 7.22. The Morgan fingerprint density at radius 3 is 2.52 bits per heavy atom. The maximum absolute atomic E-state index is 12.5. The molecule has 0 aromatic rings. The number of rotatable bonds is 0. The number of aliphatic hydroxyl groups is 1. The van der Waals surface area contributed by atoms with Crippen molar-refractivity contribution >= 4 is 5.78 Å². The monoisotopic (exact) mass is 316 g/mol. The van der Waals surface area contributed by atoms with Crippen molar-refractivity contribution in [2.24, 2.45) is 34.5 Å². The summed E-state index contributed by atoms with van der Waals surface area (Å²) in [6, 6.07) is 0. The van der Waals surface area contributed by atoms with Crippen LogP contribution in [0.5, 0.6) is 0 Å². The Hall–Kier alpha value is -0.630. The van der Waals surface area contributed by atoms with E-state index in [4.69, 9.17) is 0 Å². The molecule has 4 rings (SSSR count). The lowest BCUT2D eigenvalue weighted by Crippen LogP contribution is -2.52. The molecule has 0 aliphatic heterocycles. The first-order chi connectivity index (χ1) is 10.8. The van der Waals surface area contributed by atoms with Crippen LogP contribution in [0.1, 0.15) is 72.6 Å². The van der Waals surface area contributed by atoms with Crippen molar-refractivity contribution in [1.82, 2.24) is 0 Å². The van der Waals surface area contributed by atoms with E-state index in [9.17, 15) is 9.90 Å². The van der Waals surface area contributed by atoms with Gasteiger partial charge < -0.3 is 5.11 Å². The standard InChI is InChI=1S/C21H32O2/c1-12-9-14-15-5-6-19(23)20(15,3)8-7-16(14)21(4)11-13(2)18(22)10-17(12)21/h13-16,18,22H,5-11H2,1-4H3/t13?,14-,15-,16+,18?,20-,21+/m0/s1. The van der Waals surface area contributed by atoms with Gasteiger partial charge in [0.05, 0.1) is 6.10 Å². The molecule has 0 heterocycles. The number of hydrogen-bond acceptors (Lipinski definition) is 2. The second-order valence-corrected chi connectivity index (χ2v) is 9.63. The molecule has 0 aromatic heterocycles. The molecule has 0 spiro atoms. The molecule has 2 nitrogen and oxygen atoms in total. The fourth-order valence-corrected chi connectivity index (χ4v) is 7.22. The number of ketones is 1. The molecule has 4 aliphatic carbocycles. The van der Waals surface area contributed by atoms with Gasteiger partial charge in [0.15, 0.2) is 0 Å². The van der Waals surface area contributed by atoms with Crippen molar-refractivity contribution in [2.75, 3.05) is 0 Å². The Balaban J connectivity index is 1.75. The van der Waals surface area contributed by atoms with E-state index in [1.54, 1.807) is 5.57 Å². The molecule has 0 radical (unpaired) electrons. The quantitative estimate of drug-likeness (QED) is 0.667. The van der Waals surface area contributed by atoms with Gasteiger partial charge in [0.25, 0.3) is 0 Å². The SMILES string of the molecule is CC1=C2CC(O)C(C)C[C@]2(C)[C@@H]2CC[C@]3(C)C(=O)CC[C@H]3[C@@H]2C1. The van der Waals surface area contributed by atoms with Crippen LogP contribution in [0.4, 0.5) is 0 Å². The molecule has 23 heavy (non-hydrogen) atoms. The second-order valence-electron chi connectivity index (χ2n) is 9.63. The minimum atomic E-state index is -0.161. The van der Waals surface area contributed by atoms with Crippen LogP contribution < -0.4 is 0 Å². The van der Waals surface area contributed by atoms with E-state index >= 15 is 0 Å². The van der Waals surface area contributed by atoms with Crippen molar-refractivity contribution in [1.29, 1.82) is 0 Å². The smallest absolute Gasteiger partial charge is 0.139 e. The fraction of sp³-hybridized carbons (Fsp3) is 0.857. The summed E-state index contributed by atoms with van der Waals surface area (Å²) in [7, 11) is 0. The summed E-state index contributed by atoms with van der Waals surface area (Å²) in [4.78, 5) is 12.5. The van der Waals surface area contributed by atoms with Crippen LogP contribution in [0.3, 0.4) is 0 Å². The van der Waals surface area contributed by atoms with E-state index in [-0.39, 0.29) is 16.9 Å². The highest BCUT2D eigenvalue weighted by Gasteiger charge is 2.59. The Morgan fingerprint density at radius 1 is 1.09 bits per heavy atom. The van der Waals surface area contributed by atoms with Crippen LogP contribution in [0, 0.1) is 34.5 Å². The molecule has 2 heteroatoms. The van der Waals surface area contributed by atoms with Gasteiger partial charge in [-0.15, -0.1) is 0 Å². The van der Waals surface area contributed by atoms with Crippen LogP contribution >= 0.6 is 0 Å². The molecular weight excluding hydrogens is 284 g/mol. The average molecular weight is 316 g/mol. The first kappa shape index (κ1) is 15.9. The van der Waals surface area contributed by atoms with Crippen LogP contribution in [-0.2, 0) is 4.79 Å². The van der Waals surface area contributed by atoms with E-state index in [1.165, 1.54) is 18.4 Å². The van der Waals surface area contributed by atoms with Gasteiger partial charge in [0.2, 0.25) is 0 Å². The van der Waals surface area contributed by atoms with Gasteiger partial charge in [-0.3, -0.25) is 4.79 Å². The minimum Gasteiger partial charge on any atom is -0.393 e. The molecule has 4 aliphatic rings. The normalized spacial score (nSPS) is 52.9. The largest absolute Gasteiger partial charge is 0.393 e. The van der Waals surface area contributed by atoms with Gasteiger partial charge in [-0.05, 0) is 74.5 Å². The van der Waals surface area contributed by atoms with E-state index in [1.807, 2.05) is 0 Å². The molecule has 0 bridgehead atoms. The van der Waals surface area contributed by atoms with Crippen LogP contribution in [0.2, 0.25) is 0 Å². The Labute approximate surface area is 140 Å². The predicted molar refractivity (Wildman–Crippen MR) is 91.9 cm³/mol. The van der Waals surface area contributed by atoms with Gasteiger partial charge in [-0.1, -0.05) is 31.9 Å². The zero-order chi connectivity index (χ0) is 16.6. The Morgan fingerprint density at radius 2 is 1.78 bits per heavy atom. The molecule has 3 saturated carbocycles. The summed E-state index contributed by atoms with van der Waals surface area (Å²) in [6.45, 7) is 9.25. The summed E-state index contributed by atoms with van der Waals surface area (Å²) in [5.41, 5.74) is 3.33. The summed E-state index contributed by atoms with van der Waals surface area (Å²) >= 11 is 0. The maximum Gasteiger partial charge on any atom is 0.139 e. The van der Waals surface area contributed by atoms with Crippen LogP contribution in [-0.4, -0.2) is 17.0 Å². The van der Waals surface area contributed by atoms with Crippen molar-refractivity contribution < 1.29 is 9.90 Å². The molecule has 3 fully saturated rings. The number of carbonyl (C=O) groups is 1. The zero-order valence-electron chi connectivity index (χ0n) is 15.2. The molecule has 7 atom stereocenters. The molecule has 0 aromatic carbocycles. The van der Waals surface area contributed by atoms with E-state index < -0.39 is 0 Å². The summed E-state index contributed by atoms with van der Waals surface area (Å²) in [5.74, 6) is 2.94. The number of Topliss-reactive ketones (excluding diaryl/α,β-unsaturated/α-hetero) is 1. The number of hydrogen-bond donors (Lipinski definition) is 1. The number of carbonyl (C=O) groups excluding carboxylic acids is 1. The summed E-state index contributed by atoms with van der Waals surface area (Å²) < 4.78 is 0. The van der Waals surface area contributed by atoms with Crippen LogP contribution in [0.15, 0.2) is 11.1 Å². The molecular formula is C21H32O2. The highest BCUT2D eigenvalue weighted by atomic mass is 16.3. The lowest BCUT2D eigenvalue weighted by Gasteiger charge is -2.58. The third kappa shape index (κ3) is 2.00. The van der Waals surface area contributed by atoms with Crippen molar-refractivity contribution in [3.05, 3.63) is 11.1 Å². The third-order valence-electron chi connectivity index (χ3n) is 8.53. The number of aliphatic hydroxyl groups excluding tert-OH is 1. The van der Waals surface area contributed by atoms with Gasteiger partial charge >= 0.3 is 0 Å². The lowest BCUT2D eigenvalue weighted by atomic mass is 9.46. The highest BCUT2D eigenvalue weighted by Crippen LogP contribution is 2.65. The van der Waals surface area contributed by atoms with E-state index in [0.29, 0.717) is 23.5 Å². The maximum atomic E-state index is 12.5. The van der Waals surface area contributed by atoms with Gasteiger partial charge in [0.1, 0.15) is 5.78 Å². The first-order valence-electron chi connectivity index (χ1n) is 9.68. The minimum absolute atomic E-state index is 0.0326. The molecule has 2 unspecified atom stereocenters. The van der Waals surface area contributed by atoms with E-state index in [2.05, 4.69) is 27.7 Å². The molecule has 128 valence electrons. The summed E-state index contributed by atoms with van der Waals surface area (Å²) in [6.07, 6.45) is 7.25. The Kier molecular flexibility index (Phi) is 3.41. The van der Waals surface area contributed by atoms with Crippen LogP contribution in [0.25, 0.3) is 0 Å². The second kappa shape index (κ2) is 4.94. The van der Waals surface area contributed by atoms with Crippen molar-refractivity contribution in [3.8, 4) is 0 Å². The predicted octanol–water partition coefficient (Wildman–Crippen LogP) is 4.52. The zero-order valence-corrected chi connectivity index (χ0v) is 15.2. The average Bonchev–Trinajstić information content (AvgIpc) is 2.78. The summed E-state index contributed by atoms with van der Waals surface area (Å²) in [5, 5.41) is 10.4. The van der Waals surface area contributed by atoms with Crippen molar-refractivity contribution in [3.63, 3.8) is 0 Å². The molecule has 0 amide bonds. The first-order valence-corrected chi connectivity index (χ1v) is 9.68. The van der Waals surface area contributed by atoms with Gasteiger partial charge in [-0.2, -0.15) is 0 Å². The van der Waals surface area contributed by atoms with Gasteiger partial charge in [0, 0.05) is 11.8 Å². The molecule has 1 N–H and O–H groups in total. The number of allylic oxidation sites excluding steroid dienone is 1. The van der Waals surface area contributed by atoms with E-state index in [0.717, 1.165) is 38.0 Å².